The zero-order chi connectivity index (χ0) is 12.8. The van der Waals surface area contributed by atoms with Gasteiger partial charge in [-0.25, -0.2) is 0 Å². The van der Waals surface area contributed by atoms with E-state index in [0.29, 0.717) is 6.61 Å². The van der Waals surface area contributed by atoms with Crippen molar-refractivity contribution < 1.29 is 9.84 Å². The van der Waals surface area contributed by atoms with Crippen LogP contribution in [0.25, 0.3) is 0 Å². The molecule has 3 nitrogen and oxygen atoms in total. The van der Waals surface area contributed by atoms with E-state index < -0.39 is 0 Å². The van der Waals surface area contributed by atoms with Gasteiger partial charge in [0, 0.05) is 12.4 Å². The monoisotopic (exact) mass is 243 g/mol. The van der Waals surface area contributed by atoms with Gasteiger partial charge in [-0.2, -0.15) is 0 Å². The maximum Gasteiger partial charge on any atom is 0.119 e. The molecule has 1 aromatic heterocycles. The predicted molar refractivity (Wildman–Crippen MR) is 70.3 cm³/mol. The second-order valence-corrected chi connectivity index (χ2v) is 4.14. The van der Waals surface area contributed by atoms with E-state index >= 15 is 0 Å². The van der Waals surface area contributed by atoms with Crippen LogP contribution in [-0.2, 0) is 6.61 Å². The summed E-state index contributed by atoms with van der Waals surface area (Å²) in [5.41, 5.74) is 2.01. The third kappa shape index (κ3) is 3.31. The average molecular weight is 243 g/mol. The molecule has 0 amide bonds. The highest BCUT2D eigenvalue weighted by molar-refractivity contribution is 5.28. The Kier molecular flexibility index (Phi) is 4.31. The van der Waals surface area contributed by atoms with Crippen LogP contribution < -0.4 is 4.74 Å². The van der Waals surface area contributed by atoms with Gasteiger partial charge in [0.15, 0.2) is 0 Å². The molecule has 0 spiro atoms. The zero-order valence-electron chi connectivity index (χ0n) is 10.4. The molecule has 0 saturated heterocycles. The summed E-state index contributed by atoms with van der Waals surface area (Å²) in [7, 11) is 0. The van der Waals surface area contributed by atoms with Crippen LogP contribution in [0.1, 0.15) is 30.6 Å². The first-order chi connectivity index (χ1) is 8.79. The predicted octanol–water partition coefficient (Wildman–Crippen LogP) is 3.10. The van der Waals surface area contributed by atoms with E-state index in [4.69, 9.17) is 4.74 Å². The van der Waals surface area contributed by atoms with Crippen molar-refractivity contribution in [3.05, 3.63) is 59.9 Å². The summed E-state index contributed by atoms with van der Waals surface area (Å²) in [6.07, 6.45) is 3.83. The lowest BCUT2D eigenvalue weighted by Gasteiger charge is -2.10. The number of aromatic nitrogens is 1. The molecule has 0 aliphatic rings. The minimum absolute atomic E-state index is 0.390. The van der Waals surface area contributed by atoms with Gasteiger partial charge in [0.2, 0.25) is 0 Å². The number of aliphatic hydroxyl groups excluding tert-OH is 1. The molecule has 1 atom stereocenters. The quantitative estimate of drug-likeness (QED) is 0.877. The first-order valence-electron chi connectivity index (χ1n) is 6.09. The number of aliphatic hydroxyl groups is 1. The van der Waals surface area contributed by atoms with Crippen molar-refractivity contribution >= 4 is 0 Å². The van der Waals surface area contributed by atoms with Crippen LogP contribution in [0, 0.1) is 0 Å². The highest BCUT2D eigenvalue weighted by Crippen LogP contribution is 2.20. The molecule has 3 heteroatoms. The van der Waals surface area contributed by atoms with Gasteiger partial charge >= 0.3 is 0 Å². The van der Waals surface area contributed by atoms with E-state index in [1.165, 1.54) is 0 Å². The molecule has 18 heavy (non-hydrogen) atoms. The fourth-order valence-corrected chi connectivity index (χ4v) is 1.67. The van der Waals surface area contributed by atoms with E-state index in [0.717, 1.165) is 23.3 Å². The second kappa shape index (κ2) is 6.17. The molecule has 1 N–H and O–H groups in total. The van der Waals surface area contributed by atoms with Gasteiger partial charge < -0.3 is 9.84 Å². The first kappa shape index (κ1) is 12.6. The number of pyridine rings is 1. The summed E-state index contributed by atoms with van der Waals surface area (Å²) in [6.45, 7) is 2.48. The van der Waals surface area contributed by atoms with Crippen molar-refractivity contribution in [2.24, 2.45) is 0 Å². The second-order valence-electron chi connectivity index (χ2n) is 4.14. The Morgan fingerprint density at radius 1 is 1.11 bits per heavy atom. The molecule has 0 saturated carbocycles. The Labute approximate surface area is 107 Å². The Bertz CT molecular complexity index is 468. The zero-order valence-corrected chi connectivity index (χ0v) is 10.4. The van der Waals surface area contributed by atoms with Crippen molar-refractivity contribution in [2.45, 2.75) is 26.1 Å². The normalized spacial score (nSPS) is 12.1. The molecule has 0 bridgehead atoms. The van der Waals surface area contributed by atoms with Gasteiger partial charge in [-0.15, -0.1) is 0 Å². The molecule has 0 aliphatic carbocycles. The fraction of sp³-hybridized carbons (Fsp3) is 0.267. The summed E-state index contributed by atoms with van der Waals surface area (Å²) in [5.74, 6) is 0.805. The Balaban J connectivity index is 1.94. The van der Waals surface area contributed by atoms with E-state index in [1.807, 2.05) is 43.3 Å². The van der Waals surface area contributed by atoms with E-state index in [1.54, 1.807) is 12.4 Å². The number of hydrogen-bond acceptors (Lipinski definition) is 3. The highest BCUT2D eigenvalue weighted by Gasteiger charge is 2.04. The Morgan fingerprint density at radius 3 is 2.39 bits per heavy atom. The molecule has 0 radical (unpaired) electrons. The van der Waals surface area contributed by atoms with Gasteiger partial charge in [-0.05, 0) is 41.8 Å². The molecule has 2 rings (SSSR count). The lowest BCUT2D eigenvalue weighted by molar-refractivity contribution is 0.173. The Hall–Kier alpha value is -1.87. The molecule has 94 valence electrons. The van der Waals surface area contributed by atoms with Crippen LogP contribution in [0.2, 0.25) is 0 Å². The van der Waals surface area contributed by atoms with Gasteiger partial charge in [0.1, 0.15) is 12.4 Å². The molecule has 0 aliphatic heterocycles. The lowest BCUT2D eigenvalue weighted by Crippen LogP contribution is -1.97. The molecule has 0 fully saturated rings. The van der Waals surface area contributed by atoms with Crippen molar-refractivity contribution in [3.8, 4) is 5.75 Å². The minimum Gasteiger partial charge on any atom is -0.489 e. The van der Waals surface area contributed by atoms with Gasteiger partial charge in [0.25, 0.3) is 0 Å². The van der Waals surface area contributed by atoms with Crippen LogP contribution in [0.3, 0.4) is 0 Å². The van der Waals surface area contributed by atoms with Gasteiger partial charge in [-0.1, -0.05) is 19.1 Å². The van der Waals surface area contributed by atoms with E-state index in [-0.39, 0.29) is 6.10 Å². The fourth-order valence-electron chi connectivity index (χ4n) is 1.67. The molecular weight excluding hydrogens is 226 g/mol. The van der Waals surface area contributed by atoms with Crippen molar-refractivity contribution in [1.82, 2.24) is 4.98 Å². The van der Waals surface area contributed by atoms with Crippen LogP contribution in [0.5, 0.6) is 5.75 Å². The third-order valence-electron chi connectivity index (χ3n) is 2.81. The maximum absolute atomic E-state index is 9.68. The summed E-state index contributed by atoms with van der Waals surface area (Å²) < 4.78 is 5.65. The molecule has 0 unspecified atom stereocenters. The Morgan fingerprint density at radius 2 is 1.78 bits per heavy atom. The van der Waals surface area contributed by atoms with Crippen LogP contribution in [-0.4, -0.2) is 10.1 Å². The SMILES string of the molecule is CC[C@@H](O)c1ccc(OCc2ccncc2)cc1. The van der Waals surface area contributed by atoms with Crippen LogP contribution in [0.4, 0.5) is 0 Å². The highest BCUT2D eigenvalue weighted by atomic mass is 16.5. The maximum atomic E-state index is 9.68. The van der Waals surface area contributed by atoms with E-state index in [2.05, 4.69) is 4.98 Å². The molecular formula is C15H17NO2. The van der Waals surface area contributed by atoms with E-state index in [9.17, 15) is 5.11 Å². The average Bonchev–Trinajstić information content (AvgIpc) is 2.46. The summed E-state index contributed by atoms with van der Waals surface area (Å²) >= 11 is 0. The first-order valence-corrected chi connectivity index (χ1v) is 6.09. The smallest absolute Gasteiger partial charge is 0.119 e. The number of benzene rings is 1. The molecule has 1 heterocycles. The standard InChI is InChI=1S/C15H17NO2/c1-2-15(17)13-3-5-14(6-4-13)18-11-12-7-9-16-10-8-12/h3-10,15,17H,2,11H2,1H3/t15-/m1/s1. The van der Waals surface area contributed by atoms with Crippen LogP contribution in [0.15, 0.2) is 48.8 Å². The summed E-state index contributed by atoms with van der Waals surface area (Å²) in [4.78, 5) is 3.96. The summed E-state index contributed by atoms with van der Waals surface area (Å²) in [6, 6.07) is 11.4. The van der Waals surface area contributed by atoms with Crippen molar-refractivity contribution in [3.63, 3.8) is 0 Å². The van der Waals surface area contributed by atoms with Gasteiger partial charge in [-0.3, -0.25) is 4.98 Å². The van der Waals surface area contributed by atoms with Gasteiger partial charge in [0.05, 0.1) is 6.10 Å². The third-order valence-corrected chi connectivity index (χ3v) is 2.81. The van der Waals surface area contributed by atoms with Crippen LogP contribution >= 0.6 is 0 Å². The number of hydrogen-bond donors (Lipinski definition) is 1. The minimum atomic E-state index is -0.390. The van der Waals surface area contributed by atoms with Crippen molar-refractivity contribution in [2.75, 3.05) is 0 Å². The summed E-state index contributed by atoms with van der Waals surface area (Å²) in [5, 5.41) is 9.68. The lowest BCUT2D eigenvalue weighted by atomic mass is 10.1. The molecule has 1 aromatic carbocycles. The molecule has 2 aromatic rings. The topological polar surface area (TPSA) is 42.4 Å². The number of rotatable bonds is 5. The number of nitrogens with zero attached hydrogens (tertiary/aromatic N) is 1. The van der Waals surface area contributed by atoms with Crippen molar-refractivity contribution in [1.29, 1.82) is 0 Å². The number of ether oxygens (including phenoxy) is 1. The largest absolute Gasteiger partial charge is 0.489 e.